The molecule has 0 aromatic heterocycles. The molecule has 1 aromatic carbocycles. The maximum atomic E-state index is 9.84. The van der Waals surface area contributed by atoms with Crippen LogP contribution in [-0.4, -0.2) is 17.3 Å². The number of hydrogen-bond donors (Lipinski definition) is 2. The van der Waals surface area contributed by atoms with E-state index < -0.39 is 0 Å². The molecule has 0 saturated heterocycles. The van der Waals surface area contributed by atoms with Crippen LogP contribution in [0, 0.1) is 11.3 Å². The predicted octanol–water partition coefficient (Wildman–Crippen LogP) is 2.89. The summed E-state index contributed by atoms with van der Waals surface area (Å²) in [4.78, 5) is 0. The molecule has 2 heteroatoms. The summed E-state index contributed by atoms with van der Waals surface area (Å²) in [6, 6.07) is 11.7. The molecule has 2 N–H and O–H groups in total. The summed E-state index contributed by atoms with van der Waals surface area (Å²) in [7, 11) is 0. The Labute approximate surface area is 109 Å². The smallest absolute Gasteiger partial charge is 0.0621 e. The molecule has 2 nitrogen and oxygen atoms in total. The second kappa shape index (κ2) is 4.36. The van der Waals surface area contributed by atoms with Gasteiger partial charge in [0.25, 0.3) is 0 Å². The van der Waals surface area contributed by atoms with Crippen LogP contribution in [-0.2, 0) is 0 Å². The van der Waals surface area contributed by atoms with Crippen LogP contribution in [0.1, 0.15) is 44.7 Å². The molecule has 1 aromatic rings. The van der Waals surface area contributed by atoms with Crippen molar-refractivity contribution in [3.63, 3.8) is 0 Å². The summed E-state index contributed by atoms with van der Waals surface area (Å²) >= 11 is 0. The quantitative estimate of drug-likeness (QED) is 0.855. The monoisotopic (exact) mass is 245 g/mol. The van der Waals surface area contributed by atoms with E-state index >= 15 is 0 Å². The molecular formula is C16H23NO. The molecule has 0 bridgehead atoms. The summed E-state index contributed by atoms with van der Waals surface area (Å²) in [5, 5.41) is 13.6. The summed E-state index contributed by atoms with van der Waals surface area (Å²) in [6.07, 6.45) is 3.42. The summed E-state index contributed by atoms with van der Waals surface area (Å²) in [5.74, 6) is 0.793. The highest BCUT2D eigenvalue weighted by Crippen LogP contribution is 2.46. The zero-order valence-corrected chi connectivity index (χ0v) is 11.3. The van der Waals surface area contributed by atoms with E-state index in [1.54, 1.807) is 0 Å². The fourth-order valence-electron chi connectivity index (χ4n) is 3.00. The van der Waals surface area contributed by atoms with Gasteiger partial charge in [0.1, 0.15) is 0 Å². The van der Waals surface area contributed by atoms with E-state index in [0.717, 1.165) is 12.3 Å². The van der Waals surface area contributed by atoms with Gasteiger partial charge < -0.3 is 10.4 Å². The largest absolute Gasteiger partial charge is 0.392 e. The summed E-state index contributed by atoms with van der Waals surface area (Å²) in [6.45, 7) is 4.32. The SMILES string of the molecule is CC1(C)C(O)CC1NC(c1ccccc1)C1CC1. The topological polar surface area (TPSA) is 32.3 Å². The Morgan fingerprint density at radius 2 is 1.89 bits per heavy atom. The average molecular weight is 245 g/mol. The van der Waals surface area contributed by atoms with Crippen molar-refractivity contribution in [1.82, 2.24) is 5.32 Å². The number of nitrogens with one attached hydrogen (secondary N) is 1. The van der Waals surface area contributed by atoms with E-state index in [0.29, 0.717) is 12.1 Å². The highest BCUT2D eigenvalue weighted by Gasteiger charge is 2.49. The van der Waals surface area contributed by atoms with Crippen molar-refractivity contribution in [3.05, 3.63) is 35.9 Å². The van der Waals surface area contributed by atoms with Gasteiger partial charge in [0, 0.05) is 17.5 Å². The molecule has 3 unspecified atom stereocenters. The number of rotatable bonds is 4. The standard InChI is InChI=1S/C16H23NO/c1-16(2)13(10-14(16)18)17-15(12-8-9-12)11-6-4-3-5-7-11/h3-7,12-15,17-18H,8-10H2,1-2H3. The van der Waals surface area contributed by atoms with Gasteiger partial charge in [0.15, 0.2) is 0 Å². The summed E-state index contributed by atoms with van der Waals surface area (Å²) in [5.41, 5.74) is 1.42. The van der Waals surface area contributed by atoms with E-state index in [1.807, 2.05) is 0 Å². The lowest BCUT2D eigenvalue weighted by Crippen LogP contribution is -2.60. The first kappa shape index (κ1) is 12.2. The predicted molar refractivity (Wildman–Crippen MR) is 73.2 cm³/mol. The Bertz CT molecular complexity index is 410. The fourth-order valence-corrected chi connectivity index (χ4v) is 3.00. The minimum atomic E-state index is -0.148. The first-order chi connectivity index (χ1) is 8.59. The van der Waals surface area contributed by atoms with Crippen LogP contribution in [0.5, 0.6) is 0 Å². The van der Waals surface area contributed by atoms with Gasteiger partial charge in [-0.05, 0) is 30.7 Å². The second-order valence-corrected chi connectivity index (χ2v) is 6.52. The van der Waals surface area contributed by atoms with Gasteiger partial charge in [0.2, 0.25) is 0 Å². The third-order valence-corrected chi connectivity index (χ3v) is 4.85. The lowest BCUT2D eigenvalue weighted by atomic mass is 9.64. The van der Waals surface area contributed by atoms with E-state index in [4.69, 9.17) is 0 Å². The normalized spacial score (nSPS) is 31.7. The molecule has 3 atom stereocenters. The minimum absolute atomic E-state index is 0.0158. The van der Waals surface area contributed by atoms with Crippen LogP contribution >= 0.6 is 0 Å². The van der Waals surface area contributed by atoms with Crippen molar-refractivity contribution in [2.45, 2.75) is 51.3 Å². The van der Waals surface area contributed by atoms with Crippen molar-refractivity contribution in [2.75, 3.05) is 0 Å². The maximum absolute atomic E-state index is 9.84. The van der Waals surface area contributed by atoms with Gasteiger partial charge in [-0.15, -0.1) is 0 Å². The van der Waals surface area contributed by atoms with Crippen LogP contribution in [0.4, 0.5) is 0 Å². The molecule has 2 saturated carbocycles. The minimum Gasteiger partial charge on any atom is -0.392 e. The molecule has 0 amide bonds. The molecule has 0 spiro atoms. The van der Waals surface area contributed by atoms with Crippen LogP contribution in [0.2, 0.25) is 0 Å². The third kappa shape index (κ3) is 2.08. The van der Waals surface area contributed by atoms with E-state index in [9.17, 15) is 5.11 Å². The summed E-state index contributed by atoms with van der Waals surface area (Å²) < 4.78 is 0. The first-order valence-corrected chi connectivity index (χ1v) is 7.08. The van der Waals surface area contributed by atoms with Crippen molar-refractivity contribution < 1.29 is 5.11 Å². The fraction of sp³-hybridized carbons (Fsp3) is 0.625. The first-order valence-electron chi connectivity index (χ1n) is 7.08. The van der Waals surface area contributed by atoms with Gasteiger partial charge in [-0.2, -0.15) is 0 Å². The maximum Gasteiger partial charge on any atom is 0.0621 e. The van der Waals surface area contributed by atoms with Gasteiger partial charge in [-0.25, -0.2) is 0 Å². The Morgan fingerprint density at radius 1 is 1.22 bits per heavy atom. The number of hydrogen-bond acceptors (Lipinski definition) is 2. The highest BCUT2D eigenvalue weighted by atomic mass is 16.3. The molecule has 18 heavy (non-hydrogen) atoms. The van der Waals surface area contributed by atoms with Crippen LogP contribution in [0.3, 0.4) is 0 Å². The highest BCUT2D eigenvalue weighted by molar-refractivity contribution is 5.22. The van der Waals surface area contributed by atoms with Crippen molar-refractivity contribution in [3.8, 4) is 0 Å². The molecule has 2 aliphatic carbocycles. The zero-order chi connectivity index (χ0) is 12.8. The molecular weight excluding hydrogens is 222 g/mol. The molecule has 3 rings (SSSR count). The Balaban J connectivity index is 1.73. The number of benzene rings is 1. The molecule has 0 aliphatic heterocycles. The lowest BCUT2D eigenvalue weighted by Gasteiger charge is -2.51. The van der Waals surface area contributed by atoms with Crippen LogP contribution < -0.4 is 5.32 Å². The second-order valence-electron chi connectivity index (χ2n) is 6.52. The van der Waals surface area contributed by atoms with Gasteiger partial charge in [0.05, 0.1) is 6.10 Å². The van der Waals surface area contributed by atoms with Gasteiger partial charge in [-0.3, -0.25) is 0 Å². The molecule has 2 fully saturated rings. The van der Waals surface area contributed by atoms with Gasteiger partial charge >= 0.3 is 0 Å². The number of aliphatic hydroxyl groups is 1. The van der Waals surface area contributed by atoms with Crippen LogP contribution in [0.15, 0.2) is 30.3 Å². The third-order valence-electron chi connectivity index (χ3n) is 4.85. The van der Waals surface area contributed by atoms with E-state index in [2.05, 4.69) is 49.5 Å². The molecule has 0 radical (unpaired) electrons. The van der Waals surface area contributed by atoms with Crippen molar-refractivity contribution >= 4 is 0 Å². The number of aliphatic hydroxyl groups excluding tert-OH is 1. The lowest BCUT2D eigenvalue weighted by molar-refractivity contribution is -0.0768. The van der Waals surface area contributed by atoms with Crippen molar-refractivity contribution in [1.29, 1.82) is 0 Å². The zero-order valence-electron chi connectivity index (χ0n) is 11.3. The molecule has 98 valence electrons. The average Bonchev–Trinajstić information content (AvgIpc) is 3.19. The van der Waals surface area contributed by atoms with E-state index in [-0.39, 0.29) is 11.5 Å². The Hall–Kier alpha value is -0.860. The van der Waals surface area contributed by atoms with Crippen molar-refractivity contribution in [2.24, 2.45) is 11.3 Å². The molecule has 2 aliphatic rings. The van der Waals surface area contributed by atoms with Crippen LogP contribution in [0.25, 0.3) is 0 Å². The Morgan fingerprint density at radius 3 is 2.39 bits per heavy atom. The molecule has 0 heterocycles. The van der Waals surface area contributed by atoms with Gasteiger partial charge in [-0.1, -0.05) is 44.2 Å². The van der Waals surface area contributed by atoms with E-state index in [1.165, 1.54) is 18.4 Å². The Kier molecular flexibility index (Phi) is 2.95.